The lowest BCUT2D eigenvalue weighted by Crippen LogP contribution is -2.29. The third-order valence-electron chi connectivity index (χ3n) is 3.18. The van der Waals surface area contributed by atoms with E-state index in [0.29, 0.717) is 5.92 Å². The molecule has 0 aliphatic rings. The lowest BCUT2D eigenvalue weighted by atomic mass is 9.91. The van der Waals surface area contributed by atoms with E-state index in [1.807, 2.05) is 18.2 Å². The van der Waals surface area contributed by atoms with E-state index in [9.17, 15) is 0 Å². The molecule has 2 nitrogen and oxygen atoms in total. The zero-order valence-corrected chi connectivity index (χ0v) is 10.8. The van der Waals surface area contributed by atoms with Gasteiger partial charge in [0.2, 0.25) is 0 Å². The largest absolute Gasteiger partial charge is 0.271 e. The van der Waals surface area contributed by atoms with Crippen molar-refractivity contribution in [2.45, 2.75) is 39.2 Å². The first-order valence-corrected chi connectivity index (χ1v) is 6.30. The van der Waals surface area contributed by atoms with E-state index in [4.69, 9.17) is 17.4 Å². The molecule has 1 atom stereocenters. The Kier molecular flexibility index (Phi) is 5.81. The van der Waals surface area contributed by atoms with Crippen LogP contribution in [0.4, 0.5) is 0 Å². The van der Waals surface area contributed by atoms with Gasteiger partial charge in [-0.15, -0.1) is 0 Å². The van der Waals surface area contributed by atoms with Crippen molar-refractivity contribution in [3.05, 3.63) is 34.9 Å². The Balaban J connectivity index is 2.74. The molecule has 0 amide bonds. The van der Waals surface area contributed by atoms with Gasteiger partial charge < -0.3 is 0 Å². The Bertz CT molecular complexity index is 311. The minimum absolute atomic E-state index is 0.198. The average molecular weight is 241 g/mol. The second-order valence-electron chi connectivity index (χ2n) is 4.19. The van der Waals surface area contributed by atoms with Crippen LogP contribution in [-0.2, 0) is 0 Å². The maximum absolute atomic E-state index is 5.98. The summed E-state index contributed by atoms with van der Waals surface area (Å²) in [4.78, 5) is 0. The Morgan fingerprint density at radius 2 is 2.00 bits per heavy atom. The fourth-order valence-electron chi connectivity index (χ4n) is 1.98. The number of nitrogens with one attached hydrogen (secondary N) is 1. The summed E-state index contributed by atoms with van der Waals surface area (Å²) in [6, 6.07) is 8.10. The number of hydrazine groups is 1. The second-order valence-corrected chi connectivity index (χ2v) is 4.63. The lowest BCUT2D eigenvalue weighted by molar-refractivity contribution is 0.375. The molecule has 1 aromatic rings. The topological polar surface area (TPSA) is 38.0 Å². The molecule has 1 aromatic carbocycles. The molecular weight excluding hydrogens is 220 g/mol. The number of hydrogen-bond donors (Lipinski definition) is 2. The van der Waals surface area contributed by atoms with Crippen LogP contribution in [0.15, 0.2) is 24.3 Å². The Morgan fingerprint density at radius 1 is 1.31 bits per heavy atom. The number of halogens is 1. The van der Waals surface area contributed by atoms with Gasteiger partial charge in [-0.3, -0.25) is 11.3 Å². The smallest absolute Gasteiger partial charge is 0.0463 e. The fourth-order valence-corrected chi connectivity index (χ4v) is 2.18. The van der Waals surface area contributed by atoms with E-state index in [0.717, 1.165) is 11.4 Å². The summed E-state index contributed by atoms with van der Waals surface area (Å²) in [5.74, 6) is 6.33. The van der Waals surface area contributed by atoms with Gasteiger partial charge in [-0.05, 0) is 30.0 Å². The van der Waals surface area contributed by atoms with Crippen molar-refractivity contribution >= 4 is 11.6 Å². The van der Waals surface area contributed by atoms with Crippen LogP contribution in [0, 0.1) is 5.92 Å². The Hall–Kier alpha value is -0.570. The third-order valence-corrected chi connectivity index (χ3v) is 3.41. The molecule has 90 valence electrons. The minimum atomic E-state index is 0.198. The van der Waals surface area contributed by atoms with Crippen LogP contribution < -0.4 is 11.3 Å². The van der Waals surface area contributed by atoms with Crippen molar-refractivity contribution in [2.75, 3.05) is 0 Å². The van der Waals surface area contributed by atoms with Crippen LogP contribution in [0.3, 0.4) is 0 Å². The van der Waals surface area contributed by atoms with Crippen molar-refractivity contribution < 1.29 is 0 Å². The van der Waals surface area contributed by atoms with E-state index >= 15 is 0 Å². The molecule has 3 N–H and O–H groups in total. The average Bonchev–Trinajstić information content (AvgIpc) is 2.31. The number of benzene rings is 1. The first-order valence-electron chi connectivity index (χ1n) is 5.92. The van der Waals surface area contributed by atoms with Crippen LogP contribution in [0.2, 0.25) is 5.02 Å². The van der Waals surface area contributed by atoms with Gasteiger partial charge >= 0.3 is 0 Å². The molecule has 0 saturated heterocycles. The zero-order chi connectivity index (χ0) is 12.0. The summed E-state index contributed by atoms with van der Waals surface area (Å²) in [6.07, 6.45) is 3.44. The fraction of sp³-hybridized carbons (Fsp3) is 0.538. The van der Waals surface area contributed by atoms with Crippen molar-refractivity contribution in [1.29, 1.82) is 0 Å². The highest BCUT2D eigenvalue weighted by atomic mass is 35.5. The SMILES string of the molecule is CCC(CC)CC(NN)c1cccc(Cl)c1. The Labute approximate surface area is 103 Å². The molecule has 0 bridgehead atoms. The van der Waals surface area contributed by atoms with Crippen molar-refractivity contribution in [2.24, 2.45) is 11.8 Å². The zero-order valence-electron chi connectivity index (χ0n) is 10.0. The quantitative estimate of drug-likeness (QED) is 0.588. The highest BCUT2D eigenvalue weighted by Gasteiger charge is 2.14. The molecule has 1 rings (SSSR count). The third kappa shape index (κ3) is 3.78. The van der Waals surface area contributed by atoms with Crippen LogP contribution in [-0.4, -0.2) is 0 Å². The van der Waals surface area contributed by atoms with E-state index < -0.39 is 0 Å². The van der Waals surface area contributed by atoms with E-state index in [-0.39, 0.29) is 6.04 Å². The van der Waals surface area contributed by atoms with Gasteiger partial charge in [0.1, 0.15) is 0 Å². The molecule has 0 aliphatic heterocycles. The highest BCUT2D eigenvalue weighted by molar-refractivity contribution is 6.30. The second kappa shape index (κ2) is 6.89. The predicted octanol–water partition coefficient (Wildman–Crippen LogP) is 3.67. The molecule has 0 aromatic heterocycles. The number of hydrogen-bond acceptors (Lipinski definition) is 2. The van der Waals surface area contributed by atoms with E-state index in [1.54, 1.807) is 0 Å². The molecular formula is C13H21ClN2. The van der Waals surface area contributed by atoms with Gasteiger partial charge in [0.25, 0.3) is 0 Å². The molecule has 0 fully saturated rings. The molecule has 0 saturated carbocycles. The number of rotatable bonds is 6. The molecule has 0 spiro atoms. The summed E-state index contributed by atoms with van der Waals surface area (Å²) in [6.45, 7) is 4.44. The first kappa shape index (κ1) is 13.5. The lowest BCUT2D eigenvalue weighted by Gasteiger charge is -2.21. The van der Waals surface area contributed by atoms with Crippen LogP contribution in [0.5, 0.6) is 0 Å². The molecule has 3 heteroatoms. The molecule has 1 unspecified atom stereocenters. The van der Waals surface area contributed by atoms with Gasteiger partial charge in [0.05, 0.1) is 0 Å². The maximum atomic E-state index is 5.98. The van der Waals surface area contributed by atoms with Gasteiger partial charge in [-0.25, -0.2) is 0 Å². The summed E-state index contributed by atoms with van der Waals surface area (Å²) in [5, 5.41) is 0.766. The van der Waals surface area contributed by atoms with Crippen LogP contribution >= 0.6 is 11.6 Å². The van der Waals surface area contributed by atoms with Gasteiger partial charge in [0.15, 0.2) is 0 Å². The van der Waals surface area contributed by atoms with Crippen LogP contribution in [0.1, 0.15) is 44.7 Å². The van der Waals surface area contributed by atoms with E-state index in [1.165, 1.54) is 18.4 Å². The normalized spacial score (nSPS) is 13.1. The molecule has 0 radical (unpaired) electrons. The van der Waals surface area contributed by atoms with Crippen molar-refractivity contribution in [1.82, 2.24) is 5.43 Å². The van der Waals surface area contributed by atoms with Crippen molar-refractivity contribution in [3.8, 4) is 0 Å². The molecule has 0 aliphatic carbocycles. The first-order chi connectivity index (χ1) is 7.71. The standard InChI is InChI=1S/C13H21ClN2/c1-3-10(4-2)8-13(16-15)11-6-5-7-12(14)9-11/h5-7,9-10,13,16H,3-4,8,15H2,1-2H3. The summed E-state index contributed by atoms with van der Waals surface area (Å²) >= 11 is 5.98. The van der Waals surface area contributed by atoms with Gasteiger partial charge in [0, 0.05) is 11.1 Å². The van der Waals surface area contributed by atoms with E-state index in [2.05, 4.69) is 25.3 Å². The maximum Gasteiger partial charge on any atom is 0.0463 e. The predicted molar refractivity (Wildman–Crippen MR) is 70.2 cm³/mol. The Morgan fingerprint density at radius 3 is 2.50 bits per heavy atom. The van der Waals surface area contributed by atoms with Gasteiger partial charge in [-0.2, -0.15) is 0 Å². The van der Waals surface area contributed by atoms with Gasteiger partial charge in [-0.1, -0.05) is 50.4 Å². The monoisotopic (exact) mass is 240 g/mol. The summed E-state index contributed by atoms with van der Waals surface area (Å²) < 4.78 is 0. The number of nitrogens with two attached hydrogens (primary N) is 1. The summed E-state index contributed by atoms with van der Waals surface area (Å²) in [7, 11) is 0. The van der Waals surface area contributed by atoms with Crippen LogP contribution in [0.25, 0.3) is 0 Å². The summed E-state index contributed by atoms with van der Waals surface area (Å²) in [5.41, 5.74) is 4.05. The minimum Gasteiger partial charge on any atom is -0.271 e. The molecule has 16 heavy (non-hydrogen) atoms. The highest BCUT2D eigenvalue weighted by Crippen LogP contribution is 2.26. The molecule has 0 heterocycles. The van der Waals surface area contributed by atoms with Crippen molar-refractivity contribution in [3.63, 3.8) is 0 Å².